The molecule has 5 heteroatoms. The van der Waals surface area contributed by atoms with Gasteiger partial charge >= 0.3 is 0 Å². The van der Waals surface area contributed by atoms with E-state index in [0.717, 1.165) is 0 Å². The maximum Gasteiger partial charge on any atom is 0.250 e. The fourth-order valence-corrected chi connectivity index (χ4v) is 0.889. The third-order valence-corrected chi connectivity index (χ3v) is 1.47. The maximum atomic E-state index is 10.7. The highest BCUT2D eigenvalue weighted by Gasteiger charge is 2.04. The summed E-state index contributed by atoms with van der Waals surface area (Å²) in [5, 5.41) is 0. The summed E-state index contributed by atoms with van der Waals surface area (Å²) in [5.74, 6) is -0.527. The van der Waals surface area contributed by atoms with Crippen LogP contribution in [0.4, 0.5) is 0 Å². The Hall–Kier alpha value is -1.91. The molecule has 0 aliphatic rings. The van der Waals surface area contributed by atoms with Crippen LogP contribution in [0, 0.1) is 0 Å². The number of aromatic nitrogens is 2. The quantitative estimate of drug-likeness (QED) is 0.656. The first-order valence-corrected chi connectivity index (χ1v) is 3.26. The standard InChI is InChI=1S/C7H5N3O2/c8-6(11)4-1-5-7(9-2-4)10-3-12-5/h1-3H,(H2,8,11). The summed E-state index contributed by atoms with van der Waals surface area (Å²) in [4.78, 5) is 18.3. The summed E-state index contributed by atoms with van der Waals surface area (Å²) >= 11 is 0. The lowest BCUT2D eigenvalue weighted by atomic mass is 10.3. The molecule has 1 amide bonds. The van der Waals surface area contributed by atoms with Crippen molar-refractivity contribution in [2.75, 3.05) is 0 Å². The molecule has 0 atom stereocenters. The fraction of sp³-hybridized carbons (Fsp3) is 0. The Balaban J connectivity index is 2.68. The normalized spacial score (nSPS) is 10.3. The molecule has 2 aromatic rings. The zero-order chi connectivity index (χ0) is 8.55. The predicted octanol–water partition coefficient (Wildman–Crippen LogP) is 0.322. The van der Waals surface area contributed by atoms with Crippen molar-refractivity contribution < 1.29 is 9.21 Å². The van der Waals surface area contributed by atoms with Crippen LogP contribution in [0.25, 0.3) is 11.2 Å². The number of carbonyl (C=O) groups is 1. The molecular formula is C7H5N3O2. The van der Waals surface area contributed by atoms with Crippen LogP contribution >= 0.6 is 0 Å². The first-order valence-electron chi connectivity index (χ1n) is 3.26. The van der Waals surface area contributed by atoms with Gasteiger partial charge in [-0.2, -0.15) is 4.98 Å². The monoisotopic (exact) mass is 163 g/mol. The average molecular weight is 163 g/mol. The molecule has 0 saturated carbocycles. The number of primary amides is 1. The van der Waals surface area contributed by atoms with Gasteiger partial charge in [-0.25, -0.2) is 4.98 Å². The van der Waals surface area contributed by atoms with Gasteiger partial charge in [0.2, 0.25) is 5.91 Å². The van der Waals surface area contributed by atoms with E-state index in [4.69, 9.17) is 10.2 Å². The molecule has 2 aromatic heterocycles. The van der Waals surface area contributed by atoms with Crippen molar-refractivity contribution >= 4 is 17.1 Å². The molecule has 0 aliphatic heterocycles. The second kappa shape index (κ2) is 2.30. The van der Waals surface area contributed by atoms with Gasteiger partial charge in [0.25, 0.3) is 0 Å². The average Bonchev–Trinajstić information content (AvgIpc) is 2.49. The molecule has 2 heterocycles. The Bertz CT molecular complexity index is 435. The van der Waals surface area contributed by atoms with E-state index >= 15 is 0 Å². The van der Waals surface area contributed by atoms with Crippen molar-refractivity contribution in [3.8, 4) is 0 Å². The van der Waals surface area contributed by atoms with Crippen LogP contribution in [0.1, 0.15) is 10.4 Å². The summed E-state index contributed by atoms with van der Waals surface area (Å²) < 4.78 is 4.93. The Labute approximate surface area is 67.2 Å². The van der Waals surface area contributed by atoms with Crippen molar-refractivity contribution in [1.82, 2.24) is 9.97 Å². The highest BCUT2D eigenvalue weighted by Crippen LogP contribution is 2.10. The lowest BCUT2D eigenvalue weighted by Crippen LogP contribution is -2.10. The molecule has 2 N–H and O–H groups in total. The zero-order valence-corrected chi connectivity index (χ0v) is 6.02. The fourth-order valence-electron chi connectivity index (χ4n) is 0.889. The number of pyridine rings is 1. The summed E-state index contributed by atoms with van der Waals surface area (Å²) in [7, 11) is 0. The number of rotatable bonds is 1. The van der Waals surface area contributed by atoms with E-state index in [1.54, 1.807) is 0 Å². The van der Waals surface area contributed by atoms with E-state index in [0.29, 0.717) is 16.8 Å². The minimum absolute atomic E-state index is 0.319. The second-order valence-electron chi connectivity index (χ2n) is 2.26. The number of nitrogens with zero attached hydrogens (tertiary/aromatic N) is 2. The lowest BCUT2D eigenvalue weighted by Gasteiger charge is -1.91. The first kappa shape index (κ1) is 6.78. The highest BCUT2D eigenvalue weighted by atomic mass is 16.3. The largest absolute Gasteiger partial charge is 0.442 e. The van der Waals surface area contributed by atoms with Gasteiger partial charge in [0.15, 0.2) is 17.6 Å². The smallest absolute Gasteiger partial charge is 0.250 e. The molecule has 2 rings (SSSR count). The van der Waals surface area contributed by atoms with Crippen molar-refractivity contribution in [3.05, 3.63) is 24.2 Å². The van der Waals surface area contributed by atoms with Crippen molar-refractivity contribution in [2.24, 2.45) is 5.73 Å². The molecule has 0 fully saturated rings. The van der Waals surface area contributed by atoms with E-state index in [1.165, 1.54) is 18.7 Å². The Morgan fingerprint density at radius 2 is 2.33 bits per heavy atom. The van der Waals surface area contributed by atoms with Gasteiger partial charge in [-0.1, -0.05) is 0 Å². The molecule has 0 bridgehead atoms. The summed E-state index contributed by atoms with van der Waals surface area (Å²) in [6.07, 6.45) is 2.63. The molecule has 0 saturated heterocycles. The topological polar surface area (TPSA) is 82.0 Å². The van der Waals surface area contributed by atoms with Gasteiger partial charge < -0.3 is 10.2 Å². The minimum Gasteiger partial charge on any atom is -0.442 e. The molecule has 12 heavy (non-hydrogen) atoms. The van der Waals surface area contributed by atoms with E-state index in [1.807, 2.05) is 0 Å². The Morgan fingerprint density at radius 1 is 1.50 bits per heavy atom. The summed E-state index contributed by atoms with van der Waals surface area (Å²) in [6, 6.07) is 1.51. The molecule has 0 aliphatic carbocycles. The van der Waals surface area contributed by atoms with Crippen LogP contribution in [0.15, 0.2) is 23.1 Å². The van der Waals surface area contributed by atoms with Crippen molar-refractivity contribution in [2.45, 2.75) is 0 Å². The lowest BCUT2D eigenvalue weighted by molar-refractivity contribution is 0.1000. The van der Waals surface area contributed by atoms with E-state index in [9.17, 15) is 4.79 Å². The molecule has 0 aromatic carbocycles. The Morgan fingerprint density at radius 3 is 3.08 bits per heavy atom. The van der Waals surface area contributed by atoms with Gasteiger partial charge in [-0.3, -0.25) is 4.79 Å². The van der Waals surface area contributed by atoms with E-state index in [-0.39, 0.29) is 0 Å². The van der Waals surface area contributed by atoms with Crippen LogP contribution in [0.5, 0.6) is 0 Å². The molecule has 0 radical (unpaired) electrons. The number of hydrogen-bond acceptors (Lipinski definition) is 4. The predicted molar refractivity (Wildman–Crippen MR) is 40.3 cm³/mol. The zero-order valence-electron chi connectivity index (χ0n) is 6.02. The molecule has 5 nitrogen and oxygen atoms in total. The van der Waals surface area contributed by atoms with Crippen LogP contribution in [0.2, 0.25) is 0 Å². The minimum atomic E-state index is -0.527. The van der Waals surface area contributed by atoms with Gasteiger partial charge in [-0.15, -0.1) is 0 Å². The van der Waals surface area contributed by atoms with E-state index < -0.39 is 5.91 Å². The van der Waals surface area contributed by atoms with Crippen LogP contribution < -0.4 is 5.73 Å². The SMILES string of the molecule is NC(=O)c1cnc2ncoc2c1. The maximum absolute atomic E-state index is 10.7. The van der Waals surface area contributed by atoms with Crippen LogP contribution in [-0.2, 0) is 0 Å². The first-order chi connectivity index (χ1) is 5.77. The number of amides is 1. The number of fused-ring (bicyclic) bond motifs is 1. The number of nitrogens with two attached hydrogens (primary N) is 1. The summed E-state index contributed by atoms with van der Waals surface area (Å²) in [6.45, 7) is 0. The third-order valence-electron chi connectivity index (χ3n) is 1.47. The second-order valence-corrected chi connectivity index (χ2v) is 2.26. The van der Waals surface area contributed by atoms with Crippen LogP contribution in [0.3, 0.4) is 0 Å². The molecule has 60 valence electrons. The Kier molecular flexibility index (Phi) is 1.30. The van der Waals surface area contributed by atoms with Gasteiger partial charge in [0.05, 0.1) is 5.56 Å². The molecule has 0 unspecified atom stereocenters. The van der Waals surface area contributed by atoms with Crippen molar-refractivity contribution in [1.29, 1.82) is 0 Å². The number of oxazole rings is 1. The third kappa shape index (κ3) is 0.914. The van der Waals surface area contributed by atoms with Gasteiger partial charge in [-0.05, 0) is 6.07 Å². The summed E-state index contributed by atoms with van der Waals surface area (Å²) in [5.41, 5.74) is 6.29. The van der Waals surface area contributed by atoms with Crippen molar-refractivity contribution in [3.63, 3.8) is 0 Å². The van der Waals surface area contributed by atoms with E-state index in [2.05, 4.69) is 9.97 Å². The number of carbonyl (C=O) groups excluding carboxylic acids is 1. The molecular weight excluding hydrogens is 158 g/mol. The van der Waals surface area contributed by atoms with Crippen LogP contribution in [-0.4, -0.2) is 15.9 Å². The van der Waals surface area contributed by atoms with Gasteiger partial charge in [0, 0.05) is 6.20 Å². The van der Waals surface area contributed by atoms with Gasteiger partial charge in [0.1, 0.15) is 0 Å². The highest BCUT2D eigenvalue weighted by molar-refractivity contribution is 5.94. The molecule has 0 spiro atoms. The number of hydrogen-bond donors (Lipinski definition) is 1.